The summed E-state index contributed by atoms with van der Waals surface area (Å²) in [5, 5.41) is 9.23. The van der Waals surface area contributed by atoms with Crippen LogP contribution in [0.1, 0.15) is 14.6 Å². The summed E-state index contributed by atoms with van der Waals surface area (Å²) < 4.78 is 22.4. The van der Waals surface area contributed by atoms with Crippen molar-refractivity contribution < 1.29 is 14.0 Å². The molecule has 0 saturated carbocycles. The van der Waals surface area contributed by atoms with Crippen LogP contribution in [0.5, 0.6) is 0 Å². The normalized spacial score (nSPS) is 13.4. The zero-order chi connectivity index (χ0) is 11.9. The Kier molecular flexibility index (Phi) is 1.09. The number of hydrogen-bond donors (Lipinski definition) is 1. The first kappa shape index (κ1) is 4.97. The maximum atomic E-state index is 10.8. The van der Waals surface area contributed by atoms with Crippen LogP contribution in [0.2, 0.25) is 0 Å². The van der Waals surface area contributed by atoms with Crippen molar-refractivity contribution in [2.75, 3.05) is 0 Å². The van der Waals surface area contributed by atoms with E-state index < -0.39 is 5.97 Å². The van der Waals surface area contributed by atoms with Crippen LogP contribution in [0, 0.1) is 0 Å². The minimum atomic E-state index is -1.29. The topological polar surface area (TPSA) is 50.2 Å². The summed E-state index contributed by atoms with van der Waals surface area (Å²) in [4.78, 5) is 14.5. The number of rotatable bonds is 1. The molecule has 3 nitrogen and oxygen atoms in total. The molecule has 0 aliphatic rings. The number of fused-ring (bicyclic) bond motifs is 1. The van der Waals surface area contributed by atoms with Crippen LogP contribution < -0.4 is 0 Å². The summed E-state index contributed by atoms with van der Waals surface area (Å²) in [6.45, 7) is 0. The fourth-order valence-electron chi connectivity index (χ4n) is 1.000. The van der Waals surface area contributed by atoms with E-state index in [0.29, 0.717) is 5.39 Å². The van der Waals surface area contributed by atoms with Gasteiger partial charge in [-0.05, 0) is 12.1 Å². The average molecular weight is 183 g/mol. The number of carboxylic acid groups (broad SMARTS) is 1. The molecule has 0 saturated heterocycles. The van der Waals surface area contributed by atoms with Gasteiger partial charge in [-0.2, -0.15) is 0 Å². The van der Waals surface area contributed by atoms with Crippen molar-refractivity contribution in [2.45, 2.75) is 0 Å². The predicted octanol–water partition coefficient (Wildman–Crippen LogP) is 1.93. The minimum absolute atomic E-state index is 0.00926. The predicted molar refractivity (Wildman–Crippen MR) is 48.7 cm³/mol. The number of hydrogen-bond acceptors (Lipinski definition) is 2. The Morgan fingerprint density at radius 1 is 1.46 bits per heavy atom. The lowest BCUT2D eigenvalue weighted by Crippen LogP contribution is -1.99. The largest absolute Gasteiger partial charge is 0.477 e. The molecule has 0 bridgehead atoms. The van der Waals surface area contributed by atoms with Crippen molar-refractivity contribution in [3.05, 3.63) is 42.0 Å². The Morgan fingerprint density at radius 2 is 2.31 bits per heavy atom. The van der Waals surface area contributed by atoms with Gasteiger partial charge in [0.15, 0.2) is 0 Å². The Labute approximate surface area is 78.9 Å². The van der Waals surface area contributed by atoms with Crippen molar-refractivity contribution in [3.8, 4) is 0 Å². The Bertz CT molecular complexity index is 598. The number of carbonyl (C=O) groups is 1. The van der Waals surface area contributed by atoms with Crippen molar-refractivity contribution in [2.24, 2.45) is 0 Å². The fraction of sp³-hybridized carbons (Fsp3) is 0. The minimum Gasteiger partial charge on any atom is -0.477 e. The SMILES string of the molecule is [2H]c1c[13c]2[13cH][13c]([2H])[13cH][13c]([2H])[13c]2[15n]c1C(=O)O. The quantitative estimate of drug-likeness (QED) is 0.734. The molecule has 0 amide bonds. The maximum absolute atomic E-state index is 10.8. The summed E-state index contributed by atoms with van der Waals surface area (Å²) >= 11 is 0. The molecule has 0 atom stereocenters. The van der Waals surface area contributed by atoms with E-state index in [4.69, 9.17) is 9.22 Å². The second-order valence-corrected chi connectivity index (χ2v) is 2.46. The third-order valence-corrected chi connectivity index (χ3v) is 1.60. The first-order chi connectivity index (χ1) is 7.49. The van der Waals surface area contributed by atoms with Crippen molar-refractivity contribution in [1.82, 2.24) is 4.98 Å². The van der Waals surface area contributed by atoms with E-state index in [1.54, 1.807) is 0 Å². The van der Waals surface area contributed by atoms with Gasteiger partial charge in [-0.1, -0.05) is 24.2 Å². The van der Waals surface area contributed by atoms with Gasteiger partial charge in [-0.25, -0.2) is 9.78 Å². The van der Waals surface area contributed by atoms with Crippen molar-refractivity contribution in [1.29, 1.82) is 0 Å². The summed E-state index contributed by atoms with van der Waals surface area (Å²) in [5.74, 6) is -1.29. The summed E-state index contributed by atoms with van der Waals surface area (Å²) in [5.41, 5.74) is -0.178. The fourth-order valence-corrected chi connectivity index (χ4v) is 1.000. The van der Waals surface area contributed by atoms with Gasteiger partial charge in [0.05, 0.1) is 9.63 Å². The molecule has 2 rings (SSSR count). The lowest BCUT2D eigenvalue weighted by Gasteiger charge is -1.97. The Hall–Kier alpha value is -1.90. The highest BCUT2D eigenvalue weighted by molar-refractivity contribution is 5.89. The lowest BCUT2D eigenvalue weighted by atomic mass is 10.4. The molecular weight excluding hydrogens is 173 g/mol. The molecule has 0 unspecified atom stereocenters. The van der Waals surface area contributed by atoms with Gasteiger partial charge < -0.3 is 5.11 Å². The molecule has 0 aliphatic heterocycles. The van der Waals surface area contributed by atoms with Crippen LogP contribution >= 0.6 is 0 Å². The van der Waals surface area contributed by atoms with Crippen LogP contribution in [0.25, 0.3) is 10.9 Å². The van der Waals surface area contributed by atoms with E-state index >= 15 is 0 Å². The molecule has 0 fully saturated rings. The number of carboxylic acids is 1. The zero-order valence-corrected chi connectivity index (χ0v) is 6.53. The number of nitrogens with zero attached hydrogens (tertiary/aromatic N) is 1. The Balaban J connectivity index is 2.84. The van der Waals surface area contributed by atoms with E-state index in [1.807, 2.05) is 0 Å². The van der Waals surface area contributed by atoms with E-state index in [0.717, 1.165) is 0 Å². The van der Waals surface area contributed by atoms with Crippen LogP contribution in [0.4, 0.5) is 0 Å². The van der Waals surface area contributed by atoms with Crippen molar-refractivity contribution in [3.63, 3.8) is 0 Å². The molecule has 0 spiro atoms. The smallest absolute Gasteiger partial charge is 0.354 e. The molecule has 0 radical (unpaired) electrons. The van der Waals surface area contributed by atoms with E-state index in [2.05, 4.69) is 4.98 Å². The van der Waals surface area contributed by atoms with Crippen LogP contribution in [-0.2, 0) is 0 Å². The summed E-state index contributed by atoms with van der Waals surface area (Å²) in [6, 6.07) is 3.95. The standard InChI is InChI=1S/C10H7NO2/c12-10(13)9-6-5-7-3-1-2-4-8(7)11-9/h1-6H,(H,12,13)/i1+1D,2+1,3+1,4+1D,6D,7+1,8+1,11+1. The van der Waals surface area contributed by atoms with Gasteiger partial charge in [-0.15, -0.1) is 0 Å². The van der Waals surface area contributed by atoms with E-state index in [-0.39, 0.29) is 29.3 Å². The molecule has 1 N–H and O–H groups in total. The van der Waals surface area contributed by atoms with Crippen LogP contribution in [-0.4, -0.2) is 16.1 Å². The molecular formula is C10H7NO2. The highest BCUT2D eigenvalue weighted by atomic mass is 16.4. The molecule has 1 heterocycles. The second-order valence-electron chi connectivity index (χ2n) is 2.46. The first-order valence-electron chi connectivity index (χ1n) is 5.11. The molecule has 13 heavy (non-hydrogen) atoms. The van der Waals surface area contributed by atoms with Crippen LogP contribution in [0.15, 0.2) is 36.3 Å². The number of benzene rings is 1. The third-order valence-electron chi connectivity index (χ3n) is 1.60. The molecule has 64 valence electrons. The molecule has 1 aromatic heterocycles. The third kappa shape index (κ3) is 1.36. The number of aromatic nitrogens is 1. The number of pyridine rings is 1. The molecule has 0 aliphatic carbocycles. The lowest BCUT2D eigenvalue weighted by molar-refractivity contribution is 0.0691. The molecule has 3 heteroatoms. The van der Waals surface area contributed by atoms with Gasteiger partial charge in [-0.3, -0.25) is 0 Å². The molecule has 1 aromatic carbocycles. The summed E-state index contributed by atoms with van der Waals surface area (Å²) in [7, 11) is 0. The molecule has 2 aromatic rings. The van der Waals surface area contributed by atoms with Gasteiger partial charge >= 0.3 is 5.97 Å². The van der Waals surface area contributed by atoms with Gasteiger partial charge in [0.2, 0.25) is 0 Å². The highest BCUT2D eigenvalue weighted by Crippen LogP contribution is 2.11. The van der Waals surface area contributed by atoms with Gasteiger partial charge in [0.1, 0.15) is 5.69 Å². The number of aromatic carboxylic acids is 1. The summed E-state index contributed by atoms with van der Waals surface area (Å²) in [6.07, 6.45) is 0. The van der Waals surface area contributed by atoms with Gasteiger partial charge in [0, 0.05) is 5.39 Å². The maximum Gasteiger partial charge on any atom is 0.354 e. The van der Waals surface area contributed by atoms with Gasteiger partial charge in [0.25, 0.3) is 0 Å². The Morgan fingerprint density at radius 3 is 3.08 bits per heavy atom. The monoisotopic (exact) mass is 183 g/mol. The van der Waals surface area contributed by atoms with E-state index in [1.165, 1.54) is 18.2 Å². The van der Waals surface area contributed by atoms with E-state index in [9.17, 15) is 4.79 Å². The highest BCUT2D eigenvalue weighted by Gasteiger charge is 2.03. The van der Waals surface area contributed by atoms with Crippen LogP contribution in [0.3, 0.4) is 0 Å². The van der Waals surface area contributed by atoms with Crippen molar-refractivity contribution >= 4 is 16.9 Å². The average Bonchev–Trinajstić information content (AvgIpc) is 2.15. The second kappa shape index (κ2) is 2.86. The number of para-hydroxylation sites is 1. The first-order valence-corrected chi connectivity index (χ1v) is 3.61. The zero-order valence-electron chi connectivity index (χ0n) is 9.53.